The molecule has 3 nitrogen and oxygen atoms in total. The van der Waals surface area contributed by atoms with Gasteiger partial charge in [-0.2, -0.15) is 0 Å². The Kier molecular flexibility index (Phi) is 10.6. The molecule has 0 saturated heterocycles. The molecule has 2 spiro atoms. The molecular weight excluding hydrogens is 1040 g/mol. The van der Waals surface area contributed by atoms with Crippen molar-refractivity contribution >= 4 is 17.1 Å². The van der Waals surface area contributed by atoms with Gasteiger partial charge in [0.2, 0.25) is 0 Å². The first kappa shape index (κ1) is 50.5. The van der Waals surface area contributed by atoms with Gasteiger partial charge in [-0.1, -0.05) is 266 Å². The van der Waals surface area contributed by atoms with Crippen LogP contribution in [0.25, 0.3) is 33.4 Å². The van der Waals surface area contributed by atoms with Crippen LogP contribution >= 0.6 is 0 Å². The molecule has 0 fully saturated rings. The number of rotatable bonds is 5. The molecule has 5 aliphatic rings. The smallest absolute Gasteiger partial charge is 0.156 e. The molecule has 12 aromatic rings. The topological polar surface area (TPSA) is 21.7 Å². The summed E-state index contributed by atoms with van der Waals surface area (Å²) in [6.07, 6.45) is 0. The molecule has 0 saturated carbocycles. The third-order valence-electron chi connectivity index (χ3n) is 19.8. The van der Waals surface area contributed by atoms with Crippen molar-refractivity contribution in [2.45, 2.75) is 68.6 Å². The second-order valence-corrected chi connectivity index (χ2v) is 26.2. The van der Waals surface area contributed by atoms with E-state index in [1.165, 1.54) is 89.0 Å². The van der Waals surface area contributed by atoms with Crippen LogP contribution in [0.4, 0.5) is 17.1 Å². The Labute approximate surface area is 504 Å². The second kappa shape index (κ2) is 18.0. The van der Waals surface area contributed by atoms with Crippen LogP contribution in [0.5, 0.6) is 23.0 Å². The summed E-state index contributed by atoms with van der Waals surface area (Å²) in [6, 6.07) is 103. The summed E-state index contributed by atoms with van der Waals surface area (Å²) in [4.78, 5) is 2.52. The molecule has 0 aromatic heterocycles. The van der Waals surface area contributed by atoms with Crippen molar-refractivity contribution in [2.75, 3.05) is 4.90 Å². The number of ether oxygens (including phenoxy) is 2. The Morgan fingerprint density at radius 1 is 0.267 bits per heavy atom. The normalized spacial score (nSPS) is 15.1. The molecule has 412 valence electrons. The minimum atomic E-state index is -0.743. The minimum absolute atomic E-state index is 0.105. The molecule has 0 radical (unpaired) electrons. The van der Waals surface area contributed by atoms with Gasteiger partial charge in [0.15, 0.2) is 5.75 Å². The van der Waals surface area contributed by atoms with Gasteiger partial charge in [0, 0.05) is 33.6 Å². The van der Waals surface area contributed by atoms with E-state index in [0.29, 0.717) is 0 Å². The first-order valence-corrected chi connectivity index (χ1v) is 30.4. The largest absolute Gasteiger partial charge is 0.457 e. The molecule has 86 heavy (non-hydrogen) atoms. The first-order valence-electron chi connectivity index (χ1n) is 30.4. The Bertz CT molecular complexity index is 4650. The Morgan fingerprint density at radius 2 is 0.616 bits per heavy atom. The lowest BCUT2D eigenvalue weighted by Crippen LogP contribution is -2.33. The molecule has 3 aliphatic carbocycles. The zero-order chi connectivity index (χ0) is 57.9. The molecule has 2 aliphatic heterocycles. The van der Waals surface area contributed by atoms with Crippen molar-refractivity contribution in [3.05, 3.63) is 351 Å². The maximum Gasteiger partial charge on any atom is 0.156 e. The molecule has 0 atom stereocenters. The zero-order valence-electron chi connectivity index (χ0n) is 49.2. The maximum atomic E-state index is 7.76. The van der Waals surface area contributed by atoms with Crippen molar-refractivity contribution < 1.29 is 9.47 Å². The van der Waals surface area contributed by atoms with Gasteiger partial charge in [0.1, 0.15) is 17.2 Å². The number of hydrogen-bond donors (Lipinski definition) is 0. The molecule has 12 aromatic carbocycles. The number of anilines is 3. The van der Waals surface area contributed by atoms with E-state index >= 15 is 0 Å². The predicted molar refractivity (Wildman–Crippen MR) is 351 cm³/mol. The third-order valence-corrected chi connectivity index (χ3v) is 19.8. The summed E-state index contributed by atoms with van der Waals surface area (Å²) in [6.45, 7) is 14.0. The van der Waals surface area contributed by atoms with E-state index in [2.05, 4.69) is 319 Å². The van der Waals surface area contributed by atoms with Crippen molar-refractivity contribution in [3.8, 4) is 56.4 Å². The number of fused-ring (bicyclic) bond motifs is 21. The Hall–Kier alpha value is -9.96. The van der Waals surface area contributed by atoms with Gasteiger partial charge in [0.25, 0.3) is 0 Å². The standard InChI is InChI=1S/C83H63NO2/c1-79(2,3)54-40-44-60-61-45-41-55(80(4,5)6)49-71(61)83(70(60)48-54)68-34-19-22-39-77(68)86-78-69(83)35-23-36-74(78)84(56-42-46-62-58-28-13-15-30-64(58)81(72(62)50-56,52-24-9-7-10-25-52)53-26-11-8-12-27-53)57-43-47-63-59-29-14-16-31-65(59)82(73(63)51-57)66-32-17-20-37-75(66)85-76-38-21-18-33-67(76)82/h7-51H,1-6H3. The van der Waals surface area contributed by atoms with Crippen LogP contribution in [0.2, 0.25) is 0 Å². The Balaban J connectivity index is 0.994. The van der Waals surface area contributed by atoms with Gasteiger partial charge in [-0.25, -0.2) is 0 Å². The van der Waals surface area contributed by atoms with E-state index in [1.54, 1.807) is 0 Å². The van der Waals surface area contributed by atoms with Gasteiger partial charge in [-0.15, -0.1) is 0 Å². The quantitative estimate of drug-likeness (QED) is 0.171. The van der Waals surface area contributed by atoms with E-state index < -0.39 is 16.2 Å². The van der Waals surface area contributed by atoms with Crippen molar-refractivity contribution in [3.63, 3.8) is 0 Å². The molecule has 0 N–H and O–H groups in total. The van der Waals surface area contributed by atoms with Crippen LogP contribution in [0.3, 0.4) is 0 Å². The molecule has 17 rings (SSSR count). The lowest BCUT2D eigenvalue weighted by atomic mass is 9.64. The fourth-order valence-corrected chi connectivity index (χ4v) is 16.0. The highest BCUT2D eigenvalue weighted by Crippen LogP contribution is 2.67. The molecule has 0 amide bonds. The summed E-state index contributed by atoms with van der Waals surface area (Å²) in [5.41, 5.74) is 25.2. The van der Waals surface area contributed by atoms with Crippen LogP contribution in [0.15, 0.2) is 273 Å². The molecule has 2 heterocycles. The van der Waals surface area contributed by atoms with Crippen molar-refractivity contribution in [1.82, 2.24) is 0 Å². The van der Waals surface area contributed by atoms with Gasteiger partial charge in [0.05, 0.1) is 21.9 Å². The fourth-order valence-electron chi connectivity index (χ4n) is 16.0. The highest BCUT2D eigenvalue weighted by molar-refractivity contribution is 5.96. The van der Waals surface area contributed by atoms with Gasteiger partial charge in [-0.05, 0) is 148 Å². The summed E-state index contributed by atoms with van der Waals surface area (Å²) in [5, 5.41) is 0. The third kappa shape index (κ3) is 6.69. The van der Waals surface area contributed by atoms with Crippen LogP contribution in [0, 0.1) is 0 Å². The molecule has 0 bridgehead atoms. The summed E-state index contributed by atoms with van der Waals surface area (Å²) in [5.74, 6) is 3.41. The van der Waals surface area contributed by atoms with Crippen LogP contribution in [-0.2, 0) is 27.1 Å². The average Bonchev–Trinajstić information content (AvgIpc) is 1.54. The van der Waals surface area contributed by atoms with E-state index in [0.717, 1.165) is 62.3 Å². The van der Waals surface area contributed by atoms with E-state index in [9.17, 15) is 0 Å². The van der Waals surface area contributed by atoms with Crippen LogP contribution < -0.4 is 14.4 Å². The molecule has 0 unspecified atom stereocenters. The van der Waals surface area contributed by atoms with E-state index in [1.807, 2.05) is 0 Å². The maximum absolute atomic E-state index is 7.76. The minimum Gasteiger partial charge on any atom is -0.457 e. The Morgan fingerprint density at radius 3 is 1.09 bits per heavy atom. The molecule has 3 heteroatoms. The predicted octanol–water partition coefficient (Wildman–Crippen LogP) is 21.1. The van der Waals surface area contributed by atoms with Crippen molar-refractivity contribution in [1.29, 1.82) is 0 Å². The van der Waals surface area contributed by atoms with E-state index in [4.69, 9.17) is 9.47 Å². The number of para-hydroxylation sites is 4. The first-order chi connectivity index (χ1) is 41.9. The van der Waals surface area contributed by atoms with Gasteiger partial charge in [-0.3, -0.25) is 0 Å². The zero-order valence-corrected chi connectivity index (χ0v) is 49.2. The lowest BCUT2D eigenvalue weighted by molar-refractivity contribution is 0.436. The average molecular weight is 1110 g/mol. The number of nitrogens with zero attached hydrogens (tertiary/aromatic N) is 1. The number of hydrogen-bond acceptors (Lipinski definition) is 3. The molecular formula is C83H63NO2. The van der Waals surface area contributed by atoms with E-state index in [-0.39, 0.29) is 10.8 Å². The van der Waals surface area contributed by atoms with Crippen LogP contribution in [-0.4, -0.2) is 0 Å². The monoisotopic (exact) mass is 1110 g/mol. The highest BCUT2D eigenvalue weighted by Gasteiger charge is 2.55. The van der Waals surface area contributed by atoms with Crippen LogP contribution in [0.1, 0.15) is 119 Å². The summed E-state index contributed by atoms with van der Waals surface area (Å²) >= 11 is 0. The SMILES string of the molecule is CC(C)(C)c1ccc2c(c1)C1(c3ccccc3Oc3c(N(c4ccc5c(c4)C(c4ccccc4)(c4ccccc4)c4ccccc4-5)c4ccc5c(c4)C4(c6ccccc6Oc6ccccc64)c4ccccc4-5)cccc31)c1cc(C(C)(C)C)ccc1-2. The van der Waals surface area contributed by atoms with Gasteiger partial charge >= 0.3 is 0 Å². The second-order valence-electron chi connectivity index (χ2n) is 26.2. The highest BCUT2D eigenvalue weighted by atomic mass is 16.5. The van der Waals surface area contributed by atoms with Gasteiger partial charge < -0.3 is 14.4 Å². The number of benzene rings is 12. The summed E-state index contributed by atoms with van der Waals surface area (Å²) in [7, 11) is 0. The fraction of sp³-hybridized carbons (Fsp3) is 0.133. The van der Waals surface area contributed by atoms with Crippen molar-refractivity contribution in [2.24, 2.45) is 0 Å². The lowest BCUT2D eigenvalue weighted by Gasteiger charge is -2.42. The summed E-state index contributed by atoms with van der Waals surface area (Å²) < 4.78 is 14.6.